The van der Waals surface area contributed by atoms with E-state index in [0.29, 0.717) is 29.5 Å². The molecule has 0 saturated heterocycles. The second-order valence-electron chi connectivity index (χ2n) is 12.6. The third kappa shape index (κ3) is 8.41. The normalized spacial score (nSPS) is 15.0. The number of para-hydroxylation sites is 2. The third-order valence-electron chi connectivity index (χ3n) is 7.17. The largest absolute Gasteiger partial charge is 0.459 e. The van der Waals surface area contributed by atoms with Crippen LogP contribution in [0, 0.1) is 11.8 Å². The molecule has 0 aliphatic rings. The van der Waals surface area contributed by atoms with Crippen molar-refractivity contribution in [2.24, 2.45) is 11.8 Å². The van der Waals surface area contributed by atoms with Gasteiger partial charge in [-0.2, -0.15) is 5.09 Å². The number of fused-ring (bicyclic) bond motifs is 3. The summed E-state index contributed by atoms with van der Waals surface area (Å²) in [6.45, 7) is 15.7. The predicted octanol–water partition coefficient (Wildman–Crippen LogP) is 7.06. The van der Waals surface area contributed by atoms with Gasteiger partial charge in [0.25, 0.3) is 0 Å². The molecule has 0 saturated carbocycles. The fourth-order valence-corrected chi connectivity index (χ4v) is 6.65. The standard InChI is InChI=1S/C33H46N5O6P/c1-9-41-20-27-36-29-30(24-17-13-14-18-25(24)35-31(29)34)38(27)26(21(2)3)19-42-45(40,44-23-15-11-10-12-16-23)37-28(22(4)5)32(39)43-33(6,7)8/h10-18,21-22,26,28H,9,19-20H2,1-8H3,(H2,34,35)(H,37,40)/t26-,28+,45+/m1/s1. The highest BCUT2D eigenvalue weighted by atomic mass is 31.2. The molecule has 45 heavy (non-hydrogen) atoms. The van der Waals surface area contributed by atoms with Crippen LogP contribution in [0.15, 0.2) is 54.6 Å². The molecule has 11 nitrogen and oxygen atoms in total. The summed E-state index contributed by atoms with van der Waals surface area (Å²) in [4.78, 5) is 22.7. The number of nitrogen functional groups attached to an aromatic ring is 1. The van der Waals surface area contributed by atoms with Gasteiger partial charge in [0.1, 0.15) is 35.3 Å². The van der Waals surface area contributed by atoms with Gasteiger partial charge in [0.15, 0.2) is 5.82 Å². The second-order valence-corrected chi connectivity index (χ2v) is 14.3. The fourth-order valence-electron chi connectivity index (χ4n) is 4.98. The maximum absolute atomic E-state index is 14.6. The Bertz CT molecular complexity index is 1650. The molecule has 244 valence electrons. The molecule has 0 aliphatic heterocycles. The maximum atomic E-state index is 14.6. The Labute approximate surface area is 265 Å². The molecule has 2 aromatic carbocycles. The van der Waals surface area contributed by atoms with Crippen LogP contribution in [0.4, 0.5) is 5.82 Å². The average Bonchev–Trinajstić information content (AvgIpc) is 3.34. The van der Waals surface area contributed by atoms with E-state index in [1.165, 1.54) is 0 Å². The first-order valence-electron chi connectivity index (χ1n) is 15.4. The zero-order valence-corrected chi connectivity index (χ0v) is 28.3. The quantitative estimate of drug-likeness (QED) is 0.109. The number of nitrogens with two attached hydrogens (primary N) is 1. The molecule has 0 amide bonds. The molecular weight excluding hydrogens is 593 g/mol. The van der Waals surface area contributed by atoms with Crippen molar-refractivity contribution in [2.45, 2.75) is 79.7 Å². The van der Waals surface area contributed by atoms with Crippen LogP contribution in [0.1, 0.15) is 67.3 Å². The lowest BCUT2D eigenvalue weighted by atomic mass is 10.0. The molecule has 0 spiro atoms. The highest BCUT2D eigenvalue weighted by Crippen LogP contribution is 2.47. The number of ether oxygens (including phenoxy) is 2. The van der Waals surface area contributed by atoms with Crippen molar-refractivity contribution in [1.82, 2.24) is 19.6 Å². The van der Waals surface area contributed by atoms with Crippen molar-refractivity contribution in [3.05, 3.63) is 60.4 Å². The number of nitrogens with zero attached hydrogens (tertiary/aromatic N) is 3. The smallest absolute Gasteiger partial charge is 0.459 e. The van der Waals surface area contributed by atoms with Crippen LogP contribution in [0.2, 0.25) is 0 Å². The van der Waals surface area contributed by atoms with E-state index < -0.39 is 25.4 Å². The summed E-state index contributed by atoms with van der Waals surface area (Å²) in [7, 11) is -4.17. The molecule has 4 rings (SSSR count). The zero-order valence-electron chi connectivity index (χ0n) is 27.4. The van der Waals surface area contributed by atoms with Crippen LogP contribution in [-0.4, -0.2) is 45.4 Å². The molecule has 3 N–H and O–H groups in total. The number of aromatic nitrogens is 3. The van der Waals surface area contributed by atoms with Crippen molar-refractivity contribution in [3.63, 3.8) is 0 Å². The molecule has 12 heteroatoms. The van der Waals surface area contributed by atoms with Gasteiger partial charge in [0, 0.05) is 12.0 Å². The minimum Gasteiger partial charge on any atom is -0.459 e. The van der Waals surface area contributed by atoms with Crippen LogP contribution in [0.5, 0.6) is 5.75 Å². The van der Waals surface area contributed by atoms with Gasteiger partial charge in [-0.25, -0.2) is 14.5 Å². The number of imidazole rings is 1. The van der Waals surface area contributed by atoms with Crippen LogP contribution < -0.4 is 15.3 Å². The van der Waals surface area contributed by atoms with Gasteiger partial charge in [-0.1, -0.05) is 64.1 Å². The summed E-state index contributed by atoms with van der Waals surface area (Å²) in [5.74, 6) is 0.422. The van der Waals surface area contributed by atoms with Gasteiger partial charge in [0.2, 0.25) is 0 Å². The van der Waals surface area contributed by atoms with E-state index in [1.807, 2.05) is 65.0 Å². The Balaban J connectivity index is 1.78. The molecule has 0 aliphatic carbocycles. The lowest BCUT2D eigenvalue weighted by Crippen LogP contribution is -2.44. The topological polar surface area (TPSA) is 140 Å². The summed E-state index contributed by atoms with van der Waals surface area (Å²) in [6, 6.07) is 15.1. The SMILES string of the molecule is CCOCc1nc2c(N)nc3ccccc3c2n1[C@H](CO[P@@](=O)(N[C@H](C(=O)OC(C)(C)C)C(C)C)Oc1ccccc1)C(C)C. The van der Waals surface area contributed by atoms with E-state index in [2.05, 4.69) is 14.6 Å². The Morgan fingerprint density at radius 3 is 2.29 bits per heavy atom. The van der Waals surface area contributed by atoms with Gasteiger partial charge in [0.05, 0.1) is 23.7 Å². The van der Waals surface area contributed by atoms with Crippen molar-refractivity contribution in [1.29, 1.82) is 0 Å². The van der Waals surface area contributed by atoms with Crippen molar-refractivity contribution < 1.29 is 27.9 Å². The molecule has 2 heterocycles. The number of benzene rings is 2. The summed E-state index contributed by atoms with van der Waals surface area (Å²) in [6.07, 6.45) is 0. The zero-order chi connectivity index (χ0) is 32.9. The highest BCUT2D eigenvalue weighted by molar-refractivity contribution is 7.52. The Kier molecular flexibility index (Phi) is 10.9. The molecule has 0 bridgehead atoms. The van der Waals surface area contributed by atoms with E-state index >= 15 is 0 Å². The first kappa shape index (κ1) is 34.4. The summed E-state index contributed by atoms with van der Waals surface area (Å²) >= 11 is 0. The van der Waals surface area contributed by atoms with Crippen LogP contribution in [0.3, 0.4) is 0 Å². The van der Waals surface area contributed by atoms with Crippen molar-refractivity contribution in [3.8, 4) is 5.75 Å². The molecular formula is C33H46N5O6P. The monoisotopic (exact) mass is 639 g/mol. The van der Waals surface area contributed by atoms with E-state index in [1.54, 1.807) is 45.0 Å². The predicted molar refractivity (Wildman–Crippen MR) is 177 cm³/mol. The third-order valence-corrected chi connectivity index (χ3v) is 8.71. The fraction of sp³-hybridized carbons (Fsp3) is 0.485. The minimum absolute atomic E-state index is 0.0205. The summed E-state index contributed by atoms with van der Waals surface area (Å²) in [5.41, 5.74) is 7.75. The number of hydrogen-bond acceptors (Lipinski definition) is 9. The number of carbonyl (C=O) groups excluding carboxylic acids is 1. The first-order chi connectivity index (χ1) is 21.2. The Morgan fingerprint density at radius 2 is 1.67 bits per heavy atom. The summed E-state index contributed by atoms with van der Waals surface area (Å²) in [5, 5.41) is 3.79. The molecule has 0 fully saturated rings. The molecule has 0 unspecified atom stereocenters. The van der Waals surface area contributed by atoms with Gasteiger partial charge in [-0.3, -0.25) is 9.32 Å². The lowest BCUT2D eigenvalue weighted by Gasteiger charge is -2.31. The van der Waals surface area contributed by atoms with Crippen molar-refractivity contribution in [2.75, 3.05) is 18.9 Å². The van der Waals surface area contributed by atoms with E-state index in [4.69, 9.17) is 29.2 Å². The van der Waals surface area contributed by atoms with Crippen LogP contribution >= 0.6 is 7.75 Å². The number of pyridine rings is 1. The Morgan fingerprint density at radius 1 is 1.00 bits per heavy atom. The highest BCUT2D eigenvalue weighted by Gasteiger charge is 2.39. The van der Waals surface area contributed by atoms with Crippen molar-refractivity contribution >= 4 is 41.5 Å². The van der Waals surface area contributed by atoms with Gasteiger partial charge < -0.3 is 24.3 Å². The second kappa shape index (κ2) is 14.3. The molecule has 4 aromatic rings. The number of nitrogens with one attached hydrogen (secondary N) is 1. The van der Waals surface area contributed by atoms with Crippen LogP contribution in [0.25, 0.3) is 21.9 Å². The van der Waals surface area contributed by atoms with E-state index in [9.17, 15) is 9.36 Å². The number of rotatable bonds is 14. The van der Waals surface area contributed by atoms with E-state index in [0.717, 1.165) is 16.4 Å². The first-order valence-corrected chi connectivity index (χ1v) is 16.9. The maximum Gasteiger partial charge on any atom is 0.459 e. The van der Waals surface area contributed by atoms with Crippen LogP contribution in [-0.2, 0) is 30.0 Å². The number of esters is 1. The molecule has 3 atom stereocenters. The minimum atomic E-state index is -4.17. The number of carbonyl (C=O) groups is 1. The van der Waals surface area contributed by atoms with Gasteiger partial charge in [-0.15, -0.1) is 0 Å². The Hall–Kier alpha value is -3.50. The van der Waals surface area contributed by atoms with Gasteiger partial charge >= 0.3 is 13.7 Å². The molecule has 2 aromatic heterocycles. The number of hydrogen-bond donors (Lipinski definition) is 2. The van der Waals surface area contributed by atoms with E-state index in [-0.39, 0.29) is 31.1 Å². The number of anilines is 1. The summed E-state index contributed by atoms with van der Waals surface area (Å²) < 4.78 is 40.4. The average molecular weight is 640 g/mol. The van der Waals surface area contributed by atoms with Gasteiger partial charge in [-0.05, 0) is 57.7 Å². The molecule has 0 radical (unpaired) electrons. The lowest BCUT2D eigenvalue weighted by molar-refractivity contribution is -0.158.